The first kappa shape index (κ1) is 10.7. The fourth-order valence-electron chi connectivity index (χ4n) is 1.92. The molecule has 2 aromatic rings. The molecule has 0 bridgehead atoms. The van der Waals surface area contributed by atoms with Crippen LogP contribution in [0.25, 0.3) is 10.9 Å². The van der Waals surface area contributed by atoms with Crippen LogP contribution in [0.15, 0.2) is 28.9 Å². The molecule has 0 saturated heterocycles. The second kappa shape index (κ2) is 3.99. The van der Waals surface area contributed by atoms with Gasteiger partial charge in [-0.05, 0) is 24.6 Å². The van der Waals surface area contributed by atoms with Crippen LogP contribution < -0.4 is 0 Å². The monoisotopic (exact) mass is 267 g/mol. The van der Waals surface area contributed by atoms with Crippen molar-refractivity contribution in [2.45, 2.75) is 19.4 Å². The van der Waals surface area contributed by atoms with Gasteiger partial charge < -0.3 is 9.67 Å². The molecular weight excluding hydrogens is 254 g/mol. The van der Waals surface area contributed by atoms with Crippen LogP contribution in [0.3, 0.4) is 0 Å². The number of benzene rings is 1. The van der Waals surface area contributed by atoms with Crippen LogP contribution in [0.2, 0.25) is 0 Å². The van der Waals surface area contributed by atoms with Gasteiger partial charge in [0, 0.05) is 35.0 Å². The number of hydrogen-bond acceptors (Lipinski definition) is 1. The maximum atomic E-state index is 9.41. The molecule has 0 aliphatic rings. The Morgan fingerprint density at radius 3 is 2.87 bits per heavy atom. The normalized spacial score (nSPS) is 13.3. The summed E-state index contributed by atoms with van der Waals surface area (Å²) in [7, 11) is 2.03. The van der Waals surface area contributed by atoms with Crippen LogP contribution in [-0.4, -0.2) is 15.8 Å². The van der Waals surface area contributed by atoms with Crippen LogP contribution in [0.1, 0.15) is 12.5 Å². The van der Waals surface area contributed by atoms with Crippen LogP contribution in [0.4, 0.5) is 0 Å². The third kappa shape index (κ3) is 2.08. The molecule has 1 N–H and O–H groups in total. The minimum absolute atomic E-state index is 0.292. The van der Waals surface area contributed by atoms with Crippen LogP contribution in [0.5, 0.6) is 0 Å². The molecule has 1 unspecified atom stereocenters. The minimum atomic E-state index is -0.292. The summed E-state index contributed by atoms with van der Waals surface area (Å²) in [5.74, 6) is 0. The molecule has 0 spiro atoms. The standard InChI is InChI=1S/C12H14BrNO/c1-8(15)5-9-7-14(2)12-6-10(13)3-4-11(9)12/h3-4,6-8,15H,5H2,1-2H3. The maximum Gasteiger partial charge on any atom is 0.0553 e. The predicted molar refractivity (Wildman–Crippen MR) is 66.0 cm³/mol. The van der Waals surface area contributed by atoms with E-state index >= 15 is 0 Å². The van der Waals surface area contributed by atoms with E-state index in [0.717, 1.165) is 4.47 Å². The zero-order chi connectivity index (χ0) is 11.0. The Bertz CT molecular complexity index is 488. The van der Waals surface area contributed by atoms with Gasteiger partial charge in [-0.15, -0.1) is 0 Å². The number of aliphatic hydroxyl groups excluding tert-OH is 1. The molecule has 0 aliphatic carbocycles. The summed E-state index contributed by atoms with van der Waals surface area (Å²) in [6.07, 6.45) is 2.50. The molecule has 1 aromatic heterocycles. The second-order valence-electron chi connectivity index (χ2n) is 3.98. The van der Waals surface area contributed by atoms with E-state index in [4.69, 9.17) is 0 Å². The maximum absolute atomic E-state index is 9.41. The molecule has 2 nitrogen and oxygen atoms in total. The smallest absolute Gasteiger partial charge is 0.0553 e. The van der Waals surface area contributed by atoms with Crippen molar-refractivity contribution in [3.63, 3.8) is 0 Å². The first-order valence-corrected chi connectivity index (χ1v) is 5.79. The molecule has 80 valence electrons. The van der Waals surface area contributed by atoms with Crippen molar-refractivity contribution in [1.29, 1.82) is 0 Å². The fourth-order valence-corrected chi connectivity index (χ4v) is 2.27. The number of hydrogen-bond donors (Lipinski definition) is 1. The van der Waals surface area contributed by atoms with Gasteiger partial charge >= 0.3 is 0 Å². The van der Waals surface area contributed by atoms with Crippen molar-refractivity contribution in [3.05, 3.63) is 34.4 Å². The average Bonchev–Trinajstić information content (AvgIpc) is 2.42. The van der Waals surface area contributed by atoms with Gasteiger partial charge in [0.1, 0.15) is 0 Å². The Morgan fingerprint density at radius 2 is 2.20 bits per heavy atom. The zero-order valence-electron chi connectivity index (χ0n) is 8.87. The van der Waals surface area contributed by atoms with Gasteiger partial charge in [-0.2, -0.15) is 0 Å². The van der Waals surface area contributed by atoms with Gasteiger partial charge in [-0.25, -0.2) is 0 Å². The van der Waals surface area contributed by atoms with Crippen molar-refractivity contribution in [1.82, 2.24) is 4.57 Å². The molecule has 15 heavy (non-hydrogen) atoms. The molecule has 1 atom stereocenters. The van der Waals surface area contributed by atoms with Crippen molar-refractivity contribution in [3.8, 4) is 0 Å². The van der Waals surface area contributed by atoms with E-state index in [0.29, 0.717) is 6.42 Å². The zero-order valence-corrected chi connectivity index (χ0v) is 10.5. The van der Waals surface area contributed by atoms with Crippen LogP contribution in [0, 0.1) is 0 Å². The highest BCUT2D eigenvalue weighted by molar-refractivity contribution is 9.10. The van der Waals surface area contributed by atoms with E-state index in [1.807, 2.05) is 20.0 Å². The number of nitrogens with zero attached hydrogens (tertiary/aromatic N) is 1. The number of fused-ring (bicyclic) bond motifs is 1. The number of aryl methyl sites for hydroxylation is 1. The quantitative estimate of drug-likeness (QED) is 0.890. The van der Waals surface area contributed by atoms with E-state index in [9.17, 15) is 5.11 Å². The van der Waals surface area contributed by atoms with Crippen molar-refractivity contribution < 1.29 is 5.11 Å². The molecule has 0 aliphatic heterocycles. The minimum Gasteiger partial charge on any atom is -0.393 e. The number of rotatable bonds is 2. The molecule has 0 saturated carbocycles. The van der Waals surface area contributed by atoms with E-state index in [2.05, 4.69) is 38.8 Å². The number of aromatic nitrogens is 1. The van der Waals surface area contributed by atoms with E-state index in [1.54, 1.807) is 0 Å². The van der Waals surface area contributed by atoms with Gasteiger partial charge in [0.15, 0.2) is 0 Å². The topological polar surface area (TPSA) is 25.2 Å². The van der Waals surface area contributed by atoms with Gasteiger partial charge in [0.2, 0.25) is 0 Å². The summed E-state index contributed by atoms with van der Waals surface area (Å²) in [6.45, 7) is 1.82. The molecule has 0 amide bonds. The Balaban J connectivity index is 2.57. The summed E-state index contributed by atoms with van der Waals surface area (Å²) < 4.78 is 3.18. The van der Waals surface area contributed by atoms with Crippen molar-refractivity contribution in [2.75, 3.05) is 0 Å². The van der Waals surface area contributed by atoms with E-state index < -0.39 is 0 Å². The molecule has 1 aromatic carbocycles. The summed E-state index contributed by atoms with van der Waals surface area (Å²) in [5.41, 5.74) is 2.40. The third-order valence-corrected chi connectivity index (χ3v) is 3.04. The Labute approximate surface area is 97.7 Å². The Kier molecular flexibility index (Phi) is 2.85. The summed E-state index contributed by atoms with van der Waals surface area (Å²) in [6, 6.07) is 6.23. The molecule has 1 heterocycles. The SMILES string of the molecule is CC(O)Cc1cn(C)c2cc(Br)ccc12. The lowest BCUT2D eigenvalue weighted by Crippen LogP contribution is -2.03. The lowest BCUT2D eigenvalue weighted by atomic mass is 10.1. The van der Waals surface area contributed by atoms with Gasteiger partial charge in [0.05, 0.1) is 6.10 Å². The lowest BCUT2D eigenvalue weighted by molar-refractivity contribution is 0.196. The van der Waals surface area contributed by atoms with Gasteiger partial charge in [0.25, 0.3) is 0 Å². The number of halogens is 1. The van der Waals surface area contributed by atoms with E-state index in [1.165, 1.54) is 16.5 Å². The lowest BCUT2D eigenvalue weighted by Gasteiger charge is -2.01. The van der Waals surface area contributed by atoms with Crippen LogP contribution >= 0.6 is 15.9 Å². The van der Waals surface area contributed by atoms with Crippen LogP contribution in [-0.2, 0) is 13.5 Å². The van der Waals surface area contributed by atoms with Gasteiger partial charge in [-0.1, -0.05) is 22.0 Å². The third-order valence-electron chi connectivity index (χ3n) is 2.55. The fraction of sp³-hybridized carbons (Fsp3) is 0.333. The Hall–Kier alpha value is -0.800. The predicted octanol–water partition coefficient (Wildman–Crippen LogP) is 2.86. The van der Waals surface area contributed by atoms with Crippen molar-refractivity contribution >= 4 is 26.8 Å². The molecular formula is C12H14BrNO. The highest BCUT2D eigenvalue weighted by atomic mass is 79.9. The first-order valence-electron chi connectivity index (χ1n) is 4.99. The molecule has 0 radical (unpaired) electrons. The summed E-state index contributed by atoms with van der Waals surface area (Å²) in [4.78, 5) is 0. The second-order valence-corrected chi connectivity index (χ2v) is 4.90. The molecule has 0 fully saturated rings. The molecule has 2 rings (SSSR count). The average molecular weight is 268 g/mol. The van der Waals surface area contributed by atoms with Gasteiger partial charge in [-0.3, -0.25) is 0 Å². The highest BCUT2D eigenvalue weighted by Crippen LogP contribution is 2.25. The molecule has 3 heteroatoms. The van der Waals surface area contributed by atoms with E-state index in [-0.39, 0.29) is 6.10 Å². The summed E-state index contributed by atoms with van der Waals surface area (Å²) >= 11 is 3.46. The highest BCUT2D eigenvalue weighted by Gasteiger charge is 2.08. The summed E-state index contributed by atoms with van der Waals surface area (Å²) in [5, 5.41) is 10.6. The number of aliphatic hydroxyl groups is 1. The Morgan fingerprint density at radius 1 is 1.47 bits per heavy atom. The van der Waals surface area contributed by atoms with Crippen molar-refractivity contribution in [2.24, 2.45) is 7.05 Å². The first-order chi connectivity index (χ1) is 7.08. The largest absolute Gasteiger partial charge is 0.393 e.